The van der Waals surface area contributed by atoms with Crippen LogP contribution >= 0.6 is 15.9 Å². The highest BCUT2D eigenvalue weighted by molar-refractivity contribution is 9.10. The van der Waals surface area contributed by atoms with Crippen LogP contribution in [0.3, 0.4) is 0 Å². The average molecular weight is 328 g/mol. The second-order valence-corrected chi connectivity index (χ2v) is 5.31. The van der Waals surface area contributed by atoms with E-state index in [1.807, 2.05) is 14.0 Å². The molecule has 0 aliphatic heterocycles. The number of hydrogen-bond donors (Lipinski definition) is 2. The van der Waals surface area contributed by atoms with Crippen molar-refractivity contribution in [1.29, 1.82) is 0 Å². The Kier molecular flexibility index (Phi) is 3.96. The summed E-state index contributed by atoms with van der Waals surface area (Å²) >= 11 is 3.54. The lowest BCUT2D eigenvalue weighted by molar-refractivity contribution is 0.176. The van der Waals surface area contributed by atoms with Crippen molar-refractivity contribution in [3.8, 4) is 0 Å². The Balaban J connectivity index is 2.26. The summed E-state index contributed by atoms with van der Waals surface area (Å²) in [7, 11) is 3.62. The van der Waals surface area contributed by atoms with E-state index in [1.165, 1.54) is 0 Å². The van der Waals surface area contributed by atoms with E-state index in [4.69, 9.17) is 5.73 Å². The molecule has 0 saturated heterocycles. The van der Waals surface area contributed by atoms with Gasteiger partial charge >= 0.3 is 0 Å². The Bertz CT molecular complexity index is 589. The Morgan fingerprint density at radius 2 is 2.11 bits per heavy atom. The van der Waals surface area contributed by atoms with Crippen LogP contribution < -0.4 is 5.73 Å². The molecule has 2 aromatic rings. The number of aryl methyl sites for hydroxylation is 3. The highest BCUT2D eigenvalue weighted by atomic mass is 79.9. The maximum absolute atomic E-state index is 10.3. The first-order valence-corrected chi connectivity index (χ1v) is 6.90. The number of nitrogen functional groups attached to an aromatic ring is 1. The zero-order valence-corrected chi connectivity index (χ0v) is 12.8. The first-order chi connectivity index (χ1) is 8.95. The molecule has 2 rings (SSSR count). The molecule has 0 aliphatic carbocycles. The van der Waals surface area contributed by atoms with Crippen LogP contribution in [0.25, 0.3) is 0 Å². The van der Waals surface area contributed by atoms with Gasteiger partial charge in [-0.3, -0.25) is 9.36 Å². The predicted molar refractivity (Wildman–Crippen MR) is 76.6 cm³/mol. The van der Waals surface area contributed by atoms with Gasteiger partial charge in [-0.2, -0.15) is 10.2 Å². The van der Waals surface area contributed by atoms with Crippen LogP contribution in [0.2, 0.25) is 0 Å². The topological polar surface area (TPSA) is 81.9 Å². The lowest BCUT2D eigenvalue weighted by Gasteiger charge is -2.10. The standard InChI is InChI=1S/C12H18BrN5O/c1-4-8-11(13)9(17(2)16-8)5-10(19)7-6-15-18(3)12(7)14/h6,10,19H,4-5,14H2,1-3H3. The first-order valence-electron chi connectivity index (χ1n) is 6.11. The molecule has 0 aromatic carbocycles. The van der Waals surface area contributed by atoms with Crippen molar-refractivity contribution < 1.29 is 5.11 Å². The molecule has 1 unspecified atom stereocenters. The van der Waals surface area contributed by atoms with Gasteiger partial charge in [-0.25, -0.2) is 0 Å². The number of halogens is 1. The van der Waals surface area contributed by atoms with Crippen molar-refractivity contribution in [2.75, 3.05) is 5.73 Å². The molecule has 0 fully saturated rings. The van der Waals surface area contributed by atoms with E-state index < -0.39 is 6.10 Å². The number of aliphatic hydroxyl groups is 1. The number of nitrogens with two attached hydrogens (primary N) is 1. The van der Waals surface area contributed by atoms with Gasteiger partial charge in [-0.1, -0.05) is 6.92 Å². The van der Waals surface area contributed by atoms with Crippen LogP contribution in [-0.2, 0) is 26.9 Å². The maximum Gasteiger partial charge on any atom is 0.127 e. The van der Waals surface area contributed by atoms with Crippen LogP contribution in [0.1, 0.15) is 30.0 Å². The van der Waals surface area contributed by atoms with Crippen molar-refractivity contribution in [3.63, 3.8) is 0 Å². The van der Waals surface area contributed by atoms with E-state index in [1.54, 1.807) is 22.6 Å². The maximum atomic E-state index is 10.3. The third kappa shape index (κ3) is 2.52. The average Bonchev–Trinajstić information content (AvgIpc) is 2.84. The Hall–Kier alpha value is -1.34. The molecule has 0 saturated carbocycles. The molecular formula is C12H18BrN5O. The first kappa shape index (κ1) is 14.1. The Morgan fingerprint density at radius 3 is 2.58 bits per heavy atom. The molecule has 0 spiro atoms. The van der Waals surface area contributed by atoms with E-state index in [0.29, 0.717) is 17.8 Å². The van der Waals surface area contributed by atoms with E-state index >= 15 is 0 Å². The number of aromatic nitrogens is 4. The molecule has 2 aromatic heterocycles. The highest BCUT2D eigenvalue weighted by Crippen LogP contribution is 2.28. The van der Waals surface area contributed by atoms with Crippen LogP contribution in [0, 0.1) is 0 Å². The van der Waals surface area contributed by atoms with Gasteiger partial charge in [0.1, 0.15) is 5.82 Å². The monoisotopic (exact) mass is 327 g/mol. The SMILES string of the molecule is CCc1nn(C)c(CC(O)c2cnn(C)c2N)c1Br. The third-order valence-corrected chi connectivity index (χ3v) is 4.18. The van der Waals surface area contributed by atoms with Crippen molar-refractivity contribution in [2.45, 2.75) is 25.9 Å². The number of aliphatic hydroxyl groups excluding tert-OH is 1. The molecule has 1 atom stereocenters. The second kappa shape index (κ2) is 5.34. The fourth-order valence-electron chi connectivity index (χ4n) is 2.06. The van der Waals surface area contributed by atoms with Crippen molar-refractivity contribution in [2.24, 2.45) is 14.1 Å². The van der Waals surface area contributed by atoms with Crippen molar-refractivity contribution >= 4 is 21.7 Å². The normalized spacial score (nSPS) is 12.9. The van der Waals surface area contributed by atoms with Crippen LogP contribution in [0.4, 0.5) is 5.82 Å². The van der Waals surface area contributed by atoms with Crippen molar-refractivity contribution in [3.05, 3.63) is 27.6 Å². The van der Waals surface area contributed by atoms with Gasteiger partial charge in [-0.05, 0) is 22.4 Å². The smallest absolute Gasteiger partial charge is 0.127 e. The molecule has 3 N–H and O–H groups in total. The van der Waals surface area contributed by atoms with Crippen LogP contribution in [0.15, 0.2) is 10.7 Å². The van der Waals surface area contributed by atoms with E-state index in [2.05, 4.69) is 26.1 Å². The third-order valence-electron chi connectivity index (χ3n) is 3.26. The van der Waals surface area contributed by atoms with Gasteiger partial charge in [0.25, 0.3) is 0 Å². The second-order valence-electron chi connectivity index (χ2n) is 4.51. The van der Waals surface area contributed by atoms with E-state index in [9.17, 15) is 5.11 Å². The fourth-order valence-corrected chi connectivity index (χ4v) is 2.83. The molecule has 0 aliphatic rings. The van der Waals surface area contributed by atoms with Gasteiger partial charge in [0.05, 0.1) is 28.2 Å². The van der Waals surface area contributed by atoms with Gasteiger partial charge < -0.3 is 10.8 Å². The quantitative estimate of drug-likeness (QED) is 0.887. The minimum atomic E-state index is -0.690. The minimum absolute atomic E-state index is 0.444. The summed E-state index contributed by atoms with van der Waals surface area (Å²) in [6.07, 6.45) is 2.20. The highest BCUT2D eigenvalue weighted by Gasteiger charge is 2.20. The van der Waals surface area contributed by atoms with Crippen LogP contribution in [0.5, 0.6) is 0 Å². The molecular weight excluding hydrogens is 310 g/mol. The molecule has 104 valence electrons. The lowest BCUT2D eigenvalue weighted by atomic mass is 10.1. The van der Waals surface area contributed by atoms with Crippen LogP contribution in [-0.4, -0.2) is 24.7 Å². The van der Waals surface area contributed by atoms with Crippen molar-refractivity contribution in [1.82, 2.24) is 19.6 Å². The summed E-state index contributed by atoms with van der Waals surface area (Å²) in [5.41, 5.74) is 8.46. The summed E-state index contributed by atoms with van der Waals surface area (Å²) in [6, 6.07) is 0. The summed E-state index contributed by atoms with van der Waals surface area (Å²) in [5.74, 6) is 0.488. The van der Waals surface area contributed by atoms with E-state index in [0.717, 1.165) is 22.3 Å². The number of rotatable bonds is 4. The molecule has 7 heteroatoms. The summed E-state index contributed by atoms with van der Waals surface area (Å²) in [4.78, 5) is 0. The summed E-state index contributed by atoms with van der Waals surface area (Å²) in [6.45, 7) is 2.05. The Labute approximate surface area is 120 Å². The summed E-state index contributed by atoms with van der Waals surface area (Å²) in [5, 5.41) is 18.8. The van der Waals surface area contributed by atoms with Gasteiger partial charge in [0.2, 0.25) is 0 Å². The molecule has 2 heterocycles. The summed E-state index contributed by atoms with van der Waals surface area (Å²) < 4.78 is 4.30. The Morgan fingerprint density at radius 1 is 1.42 bits per heavy atom. The molecule has 0 amide bonds. The number of anilines is 1. The number of hydrogen-bond acceptors (Lipinski definition) is 4. The van der Waals surface area contributed by atoms with Gasteiger partial charge in [-0.15, -0.1) is 0 Å². The minimum Gasteiger partial charge on any atom is -0.388 e. The lowest BCUT2D eigenvalue weighted by Crippen LogP contribution is -2.09. The molecule has 0 radical (unpaired) electrons. The zero-order chi connectivity index (χ0) is 14.2. The molecule has 0 bridgehead atoms. The molecule has 19 heavy (non-hydrogen) atoms. The zero-order valence-electron chi connectivity index (χ0n) is 11.3. The van der Waals surface area contributed by atoms with Gasteiger partial charge in [0.15, 0.2) is 0 Å². The fraction of sp³-hybridized carbons (Fsp3) is 0.500. The largest absolute Gasteiger partial charge is 0.388 e. The van der Waals surface area contributed by atoms with E-state index in [-0.39, 0.29) is 0 Å². The van der Waals surface area contributed by atoms with Gasteiger partial charge in [0, 0.05) is 26.1 Å². The molecule has 6 nitrogen and oxygen atoms in total. The predicted octanol–water partition coefficient (Wildman–Crippen LogP) is 1.34. The number of nitrogens with zero attached hydrogens (tertiary/aromatic N) is 4.